The molecule has 0 aliphatic heterocycles. The van der Waals surface area contributed by atoms with E-state index < -0.39 is 12.0 Å². The van der Waals surface area contributed by atoms with Crippen LogP contribution in [0.2, 0.25) is 0 Å². The standard InChI is InChI=1S/C20H26N4O3S/c1-4-13(2)17(19(26)27-3)21-16(25)12-28-20-22-18(14-10-11-14)24(23-20)15-8-6-5-7-9-15/h5-9,13-14,17H,4,10-12H2,1-3H3,(H,21,25)/t13-,17+/m1/s1. The van der Waals surface area contributed by atoms with Crippen molar-refractivity contribution in [3.8, 4) is 5.69 Å². The van der Waals surface area contributed by atoms with Crippen molar-refractivity contribution >= 4 is 23.6 Å². The first kappa shape index (κ1) is 20.4. The Balaban J connectivity index is 1.66. The third-order valence-corrected chi connectivity index (χ3v) is 5.71. The predicted octanol–water partition coefficient (Wildman–Crippen LogP) is 2.94. The number of nitrogens with one attached hydrogen (secondary N) is 1. The minimum atomic E-state index is -0.639. The Labute approximate surface area is 169 Å². The van der Waals surface area contributed by atoms with Crippen LogP contribution in [-0.2, 0) is 14.3 Å². The Morgan fingerprint density at radius 3 is 2.64 bits per heavy atom. The van der Waals surface area contributed by atoms with Gasteiger partial charge >= 0.3 is 5.97 Å². The van der Waals surface area contributed by atoms with Crippen molar-refractivity contribution in [3.05, 3.63) is 36.2 Å². The summed E-state index contributed by atoms with van der Waals surface area (Å²) in [7, 11) is 1.33. The highest BCUT2D eigenvalue weighted by molar-refractivity contribution is 7.99. The van der Waals surface area contributed by atoms with Gasteiger partial charge in [0.2, 0.25) is 11.1 Å². The first-order chi connectivity index (χ1) is 13.5. The van der Waals surface area contributed by atoms with E-state index in [1.165, 1.54) is 18.9 Å². The van der Waals surface area contributed by atoms with Gasteiger partial charge in [0.05, 0.1) is 18.6 Å². The number of para-hydroxylation sites is 1. The molecule has 1 aliphatic rings. The summed E-state index contributed by atoms with van der Waals surface area (Å²) in [6.45, 7) is 3.89. The highest BCUT2D eigenvalue weighted by Gasteiger charge is 2.31. The summed E-state index contributed by atoms with van der Waals surface area (Å²) < 4.78 is 6.68. The van der Waals surface area contributed by atoms with Crippen molar-refractivity contribution in [2.24, 2.45) is 5.92 Å². The SMILES string of the molecule is CC[C@@H](C)[C@H](NC(=O)CSc1nc(C2CC2)n(-c2ccccc2)n1)C(=O)OC. The van der Waals surface area contributed by atoms with E-state index in [1.807, 2.05) is 48.9 Å². The quantitative estimate of drug-likeness (QED) is 0.513. The molecule has 1 N–H and O–H groups in total. The summed E-state index contributed by atoms with van der Waals surface area (Å²) in [4.78, 5) is 29.0. The zero-order valence-electron chi connectivity index (χ0n) is 16.4. The average Bonchev–Trinajstić information content (AvgIpc) is 3.49. The second kappa shape index (κ2) is 9.23. The van der Waals surface area contributed by atoms with Gasteiger partial charge in [-0.1, -0.05) is 50.2 Å². The Kier molecular flexibility index (Phi) is 6.72. The third kappa shape index (κ3) is 4.92. The lowest BCUT2D eigenvalue weighted by atomic mass is 9.99. The first-order valence-corrected chi connectivity index (χ1v) is 10.5. The average molecular weight is 403 g/mol. The van der Waals surface area contributed by atoms with E-state index >= 15 is 0 Å². The van der Waals surface area contributed by atoms with Crippen LogP contribution >= 0.6 is 11.8 Å². The number of hydrogen-bond donors (Lipinski definition) is 1. The summed E-state index contributed by atoms with van der Waals surface area (Å²) in [6, 6.07) is 9.25. The summed E-state index contributed by atoms with van der Waals surface area (Å²) in [5, 5.41) is 7.94. The lowest BCUT2D eigenvalue weighted by Gasteiger charge is -2.21. The van der Waals surface area contributed by atoms with Gasteiger partial charge in [-0.2, -0.15) is 0 Å². The molecule has 1 aromatic carbocycles. The van der Waals surface area contributed by atoms with Crippen LogP contribution in [0.5, 0.6) is 0 Å². The zero-order valence-corrected chi connectivity index (χ0v) is 17.2. The van der Waals surface area contributed by atoms with Crippen LogP contribution < -0.4 is 5.32 Å². The van der Waals surface area contributed by atoms with Crippen molar-refractivity contribution in [1.29, 1.82) is 0 Å². The van der Waals surface area contributed by atoms with E-state index in [2.05, 4.69) is 15.4 Å². The molecule has 8 heteroatoms. The van der Waals surface area contributed by atoms with Gasteiger partial charge in [0.15, 0.2) is 0 Å². The van der Waals surface area contributed by atoms with Crippen LogP contribution in [0.1, 0.15) is 44.9 Å². The highest BCUT2D eigenvalue weighted by atomic mass is 32.2. The number of methoxy groups -OCH3 is 1. The molecule has 1 fully saturated rings. The molecule has 7 nitrogen and oxygen atoms in total. The number of carbonyl (C=O) groups excluding carboxylic acids is 2. The molecule has 0 spiro atoms. The second-order valence-electron chi connectivity index (χ2n) is 7.02. The number of rotatable bonds is 9. The van der Waals surface area contributed by atoms with E-state index in [0.717, 1.165) is 30.8 Å². The second-order valence-corrected chi connectivity index (χ2v) is 7.96. The van der Waals surface area contributed by atoms with Crippen LogP contribution in [0.4, 0.5) is 0 Å². The number of aromatic nitrogens is 3. The molecule has 1 saturated carbocycles. The van der Waals surface area contributed by atoms with Crippen LogP contribution in [0, 0.1) is 5.92 Å². The Morgan fingerprint density at radius 1 is 1.32 bits per heavy atom. The molecule has 1 heterocycles. The Bertz CT molecular complexity index is 820. The number of ether oxygens (including phenoxy) is 1. The fraction of sp³-hybridized carbons (Fsp3) is 0.500. The lowest BCUT2D eigenvalue weighted by molar-refractivity contribution is -0.146. The van der Waals surface area contributed by atoms with Gasteiger partial charge in [-0.05, 0) is 30.9 Å². The van der Waals surface area contributed by atoms with Gasteiger partial charge in [0.1, 0.15) is 11.9 Å². The number of nitrogens with zero attached hydrogens (tertiary/aromatic N) is 3. The van der Waals surface area contributed by atoms with Gasteiger partial charge in [0.25, 0.3) is 0 Å². The maximum atomic E-state index is 12.4. The molecule has 28 heavy (non-hydrogen) atoms. The number of amides is 1. The molecule has 2 atom stereocenters. The number of carbonyl (C=O) groups is 2. The Hall–Kier alpha value is -2.35. The number of benzene rings is 1. The molecule has 3 rings (SSSR count). The van der Waals surface area contributed by atoms with Gasteiger partial charge in [-0.15, -0.1) is 5.10 Å². The summed E-state index contributed by atoms with van der Waals surface area (Å²) in [5.41, 5.74) is 0.968. The first-order valence-electron chi connectivity index (χ1n) is 9.55. The summed E-state index contributed by atoms with van der Waals surface area (Å²) in [5.74, 6) is 0.872. The number of thioether (sulfide) groups is 1. The maximum absolute atomic E-state index is 12.4. The molecular formula is C20H26N4O3S. The van der Waals surface area contributed by atoms with Crippen LogP contribution in [0.25, 0.3) is 5.69 Å². The molecular weight excluding hydrogens is 376 g/mol. The van der Waals surface area contributed by atoms with Gasteiger partial charge in [-0.3, -0.25) is 4.79 Å². The Morgan fingerprint density at radius 2 is 2.04 bits per heavy atom. The van der Waals surface area contributed by atoms with E-state index in [1.54, 1.807) is 0 Å². The molecule has 150 valence electrons. The van der Waals surface area contributed by atoms with Crippen molar-refractivity contribution in [3.63, 3.8) is 0 Å². The van der Waals surface area contributed by atoms with E-state index in [9.17, 15) is 9.59 Å². The van der Waals surface area contributed by atoms with Crippen molar-refractivity contribution in [2.75, 3.05) is 12.9 Å². The predicted molar refractivity (Wildman–Crippen MR) is 107 cm³/mol. The minimum Gasteiger partial charge on any atom is -0.467 e. The van der Waals surface area contributed by atoms with Crippen molar-refractivity contribution < 1.29 is 14.3 Å². The van der Waals surface area contributed by atoms with E-state index in [4.69, 9.17) is 4.74 Å². The minimum absolute atomic E-state index is 0.00159. The van der Waals surface area contributed by atoms with Gasteiger partial charge in [-0.25, -0.2) is 14.5 Å². The molecule has 0 unspecified atom stereocenters. The molecule has 0 radical (unpaired) electrons. The van der Waals surface area contributed by atoms with Crippen molar-refractivity contribution in [1.82, 2.24) is 20.1 Å². The summed E-state index contributed by atoms with van der Waals surface area (Å²) >= 11 is 1.28. The van der Waals surface area contributed by atoms with Crippen LogP contribution in [0.15, 0.2) is 35.5 Å². The molecule has 0 bridgehead atoms. The molecule has 1 amide bonds. The van der Waals surface area contributed by atoms with Crippen LogP contribution in [0.3, 0.4) is 0 Å². The molecule has 0 saturated heterocycles. The lowest BCUT2D eigenvalue weighted by Crippen LogP contribution is -2.46. The van der Waals surface area contributed by atoms with Gasteiger partial charge in [0, 0.05) is 5.92 Å². The zero-order chi connectivity index (χ0) is 20.1. The largest absolute Gasteiger partial charge is 0.467 e. The smallest absolute Gasteiger partial charge is 0.328 e. The topological polar surface area (TPSA) is 86.1 Å². The molecule has 1 aliphatic carbocycles. The molecule has 1 aromatic heterocycles. The summed E-state index contributed by atoms with van der Waals surface area (Å²) in [6.07, 6.45) is 3.00. The maximum Gasteiger partial charge on any atom is 0.328 e. The van der Waals surface area contributed by atoms with E-state index in [0.29, 0.717) is 11.1 Å². The normalized spacial score (nSPS) is 15.7. The monoisotopic (exact) mass is 402 g/mol. The molecule has 2 aromatic rings. The highest BCUT2D eigenvalue weighted by Crippen LogP contribution is 2.40. The third-order valence-electron chi connectivity index (χ3n) is 4.87. The van der Waals surface area contributed by atoms with Gasteiger partial charge < -0.3 is 10.1 Å². The van der Waals surface area contributed by atoms with Crippen molar-refractivity contribution in [2.45, 2.75) is 50.2 Å². The fourth-order valence-corrected chi connectivity index (χ4v) is 3.51. The number of hydrogen-bond acceptors (Lipinski definition) is 6. The fourth-order valence-electron chi connectivity index (χ4n) is 2.87. The number of esters is 1. The van der Waals surface area contributed by atoms with E-state index in [-0.39, 0.29) is 17.6 Å². The van der Waals surface area contributed by atoms with Crippen LogP contribution in [-0.4, -0.2) is 45.5 Å².